The van der Waals surface area contributed by atoms with Gasteiger partial charge in [-0.1, -0.05) is 44.0 Å². The highest BCUT2D eigenvalue weighted by Crippen LogP contribution is 2.26. The molecule has 1 atom stereocenters. The number of nitrogens with one attached hydrogen (secondary N) is 1. The summed E-state index contributed by atoms with van der Waals surface area (Å²) in [5.41, 5.74) is 5.90. The standard InChI is InChI=1S/C15H15Br2FN2/c1-9-6-10(2-4-13(9)16)15(20-19)8-11-7-12(18)3-5-14(11)17/h2-7,15,20H,8,19H2,1H3. The molecule has 0 spiro atoms. The molecule has 0 aliphatic heterocycles. The van der Waals surface area contributed by atoms with E-state index in [1.807, 2.05) is 19.1 Å². The molecule has 2 nitrogen and oxygen atoms in total. The van der Waals surface area contributed by atoms with Gasteiger partial charge in [0.25, 0.3) is 0 Å². The average molecular weight is 402 g/mol. The van der Waals surface area contributed by atoms with E-state index in [9.17, 15) is 4.39 Å². The Morgan fingerprint density at radius 1 is 1.15 bits per heavy atom. The summed E-state index contributed by atoms with van der Waals surface area (Å²) in [5.74, 6) is 5.41. The van der Waals surface area contributed by atoms with Crippen LogP contribution in [0.15, 0.2) is 45.3 Å². The molecular formula is C15H15Br2FN2. The number of hydrazine groups is 1. The first kappa shape index (κ1) is 15.6. The lowest BCUT2D eigenvalue weighted by Gasteiger charge is -2.18. The van der Waals surface area contributed by atoms with E-state index in [2.05, 4.69) is 43.4 Å². The molecule has 0 amide bonds. The second-order valence-corrected chi connectivity index (χ2v) is 6.38. The largest absolute Gasteiger partial charge is 0.271 e. The molecule has 0 radical (unpaired) electrons. The number of hydrogen-bond acceptors (Lipinski definition) is 2. The van der Waals surface area contributed by atoms with Crippen molar-refractivity contribution in [1.29, 1.82) is 0 Å². The van der Waals surface area contributed by atoms with Gasteiger partial charge in [-0.15, -0.1) is 0 Å². The van der Waals surface area contributed by atoms with Crippen LogP contribution in [0.4, 0.5) is 4.39 Å². The summed E-state index contributed by atoms with van der Waals surface area (Å²) < 4.78 is 15.3. The van der Waals surface area contributed by atoms with E-state index in [0.717, 1.165) is 25.6 Å². The maximum absolute atomic E-state index is 13.3. The fourth-order valence-electron chi connectivity index (χ4n) is 2.08. The lowest BCUT2D eigenvalue weighted by molar-refractivity contribution is 0.547. The molecule has 0 saturated carbocycles. The Bertz CT molecular complexity index is 617. The van der Waals surface area contributed by atoms with Crippen molar-refractivity contribution in [2.75, 3.05) is 0 Å². The summed E-state index contributed by atoms with van der Waals surface area (Å²) in [4.78, 5) is 0. The fraction of sp³-hybridized carbons (Fsp3) is 0.200. The molecule has 0 saturated heterocycles. The number of rotatable bonds is 4. The summed E-state index contributed by atoms with van der Waals surface area (Å²) in [6.07, 6.45) is 0.607. The SMILES string of the molecule is Cc1cc(C(Cc2cc(F)ccc2Br)NN)ccc1Br. The molecule has 0 heterocycles. The van der Waals surface area contributed by atoms with Crippen LogP contribution in [0, 0.1) is 12.7 Å². The summed E-state index contributed by atoms with van der Waals surface area (Å²) in [6, 6.07) is 10.7. The molecule has 5 heteroatoms. The highest BCUT2D eigenvalue weighted by Gasteiger charge is 2.14. The molecule has 2 aromatic rings. The van der Waals surface area contributed by atoms with Gasteiger partial charge in [0.1, 0.15) is 5.82 Å². The van der Waals surface area contributed by atoms with Gasteiger partial charge in [-0.05, 0) is 54.3 Å². The Morgan fingerprint density at radius 2 is 1.85 bits per heavy atom. The maximum atomic E-state index is 13.3. The Labute approximate surface area is 134 Å². The Balaban J connectivity index is 2.28. The third kappa shape index (κ3) is 3.67. The van der Waals surface area contributed by atoms with Crippen molar-refractivity contribution in [3.8, 4) is 0 Å². The Kier molecular flexibility index (Phi) is 5.32. The van der Waals surface area contributed by atoms with Crippen molar-refractivity contribution in [2.45, 2.75) is 19.4 Å². The van der Waals surface area contributed by atoms with E-state index in [4.69, 9.17) is 5.84 Å². The van der Waals surface area contributed by atoms with Crippen LogP contribution >= 0.6 is 31.9 Å². The average Bonchev–Trinajstić information content (AvgIpc) is 2.43. The van der Waals surface area contributed by atoms with Crippen LogP contribution in [-0.2, 0) is 6.42 Å². The topological polar surface area (TPSA) is 38.0 Å². The quantitative estimate of drug-likeness (QED) is 0.588. The molecule has 20 heavy (non-hydrogen) atoms. The summed E-state index contributed by atoms with van der Waals surface area (Å²) in [7, 11) is 0. The first-order chi connectivity index (χ1) is 9.51. The van der Waals surface area contributed by atoms with Crippen LogP contribution in [0.1, 0.15) is 22.7 Å². The van der Waals surface area contributed by atoms with Crippen molar-refractivity contribution < 1.29 is 4.39 Å². The molecule has 0 aromatic heterocycles. The summed E-state index contributed by atoms with van der Waals surface area (Å²) in [6.45, 7) is 2.03. The minimum absolute atomic E-state index is 0.0695. The lowest BCUT2D eigenvalue weighted by atomic mass is 9.98. The number of hydrogen-bond donors (Lipinski definition) is 2. The van der Waals surface area contributed by atoms with E-state index in [1.54, 1.807) is 6.07 Å². The molecule has 0 bridgehead atoms. The minimum atomic E-state index is -0.244. The summed E-state index contributed by atoms with van der Waals surface area (Å²) in [5, 5.41) is 0. The third-order valence-corrected chi connectivity index (χ3v) is 4.88. The highest BCUT2D eigenvalue weighted by molar-refractivity contribution is 9.10. The lowest BCUT2D eigenvalue weighted by Crippen LogP contribution is -2.29. The monoisotopic (exact) mass is 400 g/mol. The van der Waals surface area contributed by atoms with Gasteiger partial charge in [0.2, 0.25) is 0 Å². The number of aryl methyl sites for hydroxylation is 1. The van der Waals surface area contributed by atoms with E-state index >= 15 is 0 Å². The second kappa shape index (κ2) is 6.80. The number of benzene rings is 2. The van der Waals surface area contributed by atoms with Gasteiger partial charge in [-0.25, -0.2) is 4.39 Å². The molecule has 3 N–H and O–H groups in total. The summed E-state index contributed by atoms with van der Waals surface area (Å²) >= 11 is 6.92. The first-order valence-corrected chi connectivity index (χ1v) is 7.76. The third-order valence-electron chi connectivity index (χ3n) is 3.22. The van der Waals surface area contributed by atoms with Crippen molar-refractivity contribution in [3.05, 3.63) is 67.9 Å². The van der Waals surface area contributed by atoms with Crippen LogP contribution < -0.4 is 11.3 Å². The smallest absolute Gasteiger partial charge is 0.123 e. The van der Waals surface area contributed by atoms with Crippen molar-refractivity contribution >= 4 is 31.9 Å². The van der Waals surface area contributed by atoms with Gasteiger partial charge in [0.15, 0.2) is 0 Å². The molecule has 1 unspecified atom stereocenters. The van der Waals surface area contributed by atoms with Crippen LogP contribution in [0.5, 0.6) is 0 Å². The predicted molar refractivity (Wildman–Crippen MR) is 86.7 cm³/mol. The van der Waals surface area contributed by atoms with E-state index in [1.165, 1.54) is 12.1 Å². The maximum Gasteiger partial charge on any atom is 0.123 e. The molecule has 106 valence electrons. The van der Waals surface area contributed by atoms with Crippen molar-refractivity contribution in [2.24, 2.45) is 5.84 Å². The molecule has 2 aromatic carbocycles. The van der Waals surface area contributed by atoms with Gasteiger partial charge in [-0.2, -0.15) is 0 Å². The zero-order chi connectivity index (χ0) is 14.7. The minimum Gasteiger partial charge on any atom is -0.271 e. The number of nitrogens with two attached hydrogens (primary N) is 1. The van der Waals surface area contributed by atoms with Crippen molar-refractivity contribution in [1.82, 2.24) is 5.43 Å². The normalized spacial score (nSPS) is 12.4. The second-order valence-electron chi connectivity index (χ2n) is 4.67. The zero-order valence-corrected chi connectivity index (χ0v) is 14.1. The van der Waals surface area contributed by atoms with Crippen LogP contribution in [-0.4, -0.2) is 0 Å². The fourth-order valence-corrected chi connectivity index (χ4v) is 2.73. The van der Waals surface area contributed by atoms with Gasteiger partial charge < -0.3 is 0 Å². The molecule has 0 fully saturated rings. The van der Waals surface area contributed by atoms with E-state index < -0.39 is 0 Å². The van der Waals surface area contributed by atoms with Crippen molar-refractivity contribution in [3.63, 3.8) is 0 Å². The Hall–Kier alpha value is -0.750. The van der Waals surface area contributed by atoms with E-state index in [0.29, 0.717) is 6.42 Å². The molecule has 0 aliphatic rings. The van der Waals surface area contributed by atoms with Gasteiger partial charge >= 0.3 is 0 Å². The van der Waals surface area contributed by atoms with E-state index in [-0.39, 0.29) is 11.9 Å². The Morgan fingerprint density at radius 3 is 2.50 bits per heavy atom. The van der Waals surface area contributed by atoms with Gasteiger partial charge in [0.05, 0.1) is 6.04 Å². The zero-order valence-electron chi connectivity index (χ0n) is 11.0. The predicted octanol–water partition coefficient (Wildman–Crippen LogP) is 4.41. The van der Waals surface area contributed by atoms with Crippen LogP contribution in [0.3, 0.4) is 0 Å². The van der Waals surface area contributed by atoms with Gasteiger partial charge in [0, 0.05) is 8.95 Å². The van der Waals surface area contributed by atoms with Crippen LogP contribution in [0.2, 0.25) is 0 Å². The number of halogens is 3. The molecule has 0 aliphatic carbocycles. The highest BCUT2D eigenvalue weighted by atomic mass is 79.9. The van der Waals surface area contributed by atoms with Gasteiger partial charge in [-0.3, -0.25) is 11.3 Å². The first-order valence-electron chi connectivity index (χ1n) is 6.17. The van der Waals surface area contributed by atoms with Crippen LogP contribution in [0.25, 0.3) is 0 Å². The molecule has 2 rings (SSSR count). The molecular weight excluding hydrogens is 387 g/mol.